The minimum absolute atomic E-state index is 0.00882. The fourth-order valence-corrected chi connectivity index (χ4v) is 2.94. The monoisotopic (exact) mass is 386 g/mol. The third-order valence-electron chi connectivity index (χ3n) is 4.34. The van der Waals surface area contributed by atoms with E-state index in [0.29, 0.717) is 0 Å². The summed E-state index contributed by atoms with van der Waals surface area (Å²) in [6.07, 6.45) is -4.31. The number of nitrogens with one attached hydrogen (secondary N) is 1. The Bertz CT molecular complexity index is 930. The number of alkyl halides is 3. The van der Waals surface area contributed by atoms with Crippen molar-refractivity contribution in [2.24, 2.45) is 5.92 Å². The third kappa shape index (κ3) is 4.71. The summed E-state index contributed by atoms with van der Waals surface area (Å²) in [4.78, 5) is 26.0. The summed E-state index contributed by atoms with van der Waals surface area (Å²) in [5.74, 6) is 4.34. The SMILES string of the molecule is O=C(NCC#Cc1cccc(C(F)(F)F)c1)C1CC(=O)N(c2ccccc2)C1. The van der Waals surface area contributed by atoms with Crippen LogP contribution in [-0.4, -0.2) is 24.9 Å². The van der Waals surface area contributed by atoms with Crippen molar-refractivity contribution in [2.75, 3.05) is 18.0 Å². The van der Waals surface area contributed by atoms with Crippen molar-refractivity contribution in [2.45, 2.75) is 12.6 Å². The number of carbonyl (C=O) groups is 2. The summed E-state index contributed by atoms with van der Waals surface area (Å²) in [7, 11) is 0. The quantitative estimate of drug-likeness (QED) is 0.824. The molecule has 0 aromatic heterocycles. The van der Waals surface area contributed by atoms with Gasteiger partial charge in [-0.25, -0.2) is 0 Å². The molecule has 1 aliphatic rings. The summed E-state index contributed by atoms with van der Waals surface area (Å²) in [5, 5.41) is 2.62. The fraction of sp³-hybridized carbons (Fsp3) is 0.238. The molecule has 0 bridgehead atoms. The van der Waals surface area contributed by atoms with E-state index < -0.39 is 17.7 Å². The Morgan fingerprint density at radius 1 is 1.14 bits per heavy atom. The van der Waals surface area contributed by atoms with E-state index in [0.717, 1.165) is 17.8 Å². The van der Waals surface area contributed by atoms with Gasteiger partial charge in [0.05, 0.1) is 18.0 Å². The number of rotatable bonds is 3. The molecule has 1 atom stereocenters. The normalized spacial score (nSPS) is 16.5. The summed E-state index contributed by atoms with van der Waals surface area (Å²) >= 11 is 0. The van der Waals surface area contributed by atoms with Gasteiger partial charge >= 0.3 is 6.18 Å². The van der Waals surface area contributed by atoms with E-state index >= 15 is 0 Å². The Morgan fingerprint density at radius 3 is 2.61 bits per heavy atom. The Morgan fingerprint density at radius 2 is 1.89 bits per heavy atom. The van der Waals surface area contributed by atoms with Gasteiger partial charge in [0.2, 0.25) is 11.8 Å². The van der Waals surface area contributed by atoms with Gasteiger partial charge in [-0.05, 0) is 30.3 Å². The molecule has 2 aromatic rings. The average Bonchev–Trinajstić information content (AvgIpc) is 3.07. The smallest absolute Gasteiger partial charge is 0.345 e. The van der Waals surface area contributed by atoms with Gasteiger partial charge in [-0.1, -0.05) is 36.1 Å². The molecule has 0 spiro atoms. The van der Waals surface area contributed by atoms with Gasteiger partial charge < -0.3 is 10.2 Å². The molecular weight excluding hydrogens is 369 g/mol. The fourth-order valence-electron chi connectivity index (χ4n) is 2.94. The maximum atomic E-state index is 12.7. The number of carbonyl (C=O) groups excluding carboxylic acids is 2. The van der Waals surface area contributed by atoms with Crippen LogP contribution in [0, 0.1) is 17.8 Å². The number of para-hydroxylation sites is 1. The van der Waals surface area contributed by atoms with E-state index in [1.807, 2.05) is 18.2 Å². The average molecular weight is 386 g/mol. The molecule has 1 aliphatic heterocycles. The molecule has 1 unspecified atom stereocenters. The maximum Gasteiger partial charge on any atom is 0.416 e. The van der Waals surface area contributed by atoms with Crippen LogP contribution in [0.2, 0.25) is 0 Å². The Hall–Kier alpha value is -3.27. The highest BCUT2D eigenvalue weighted by Crippen LogP contribution is 2.29. The lowest BCUT2D eigenvalue weighted by Crippen LogP contribution is -2.33. The molecule has 0 radical (unpaired) electrons. The van der Waals surface area contributed by atoms with Crippen molar-refractivity contribution >= 4 is 17.5 Å². The lowest BCUT2D eigenvalue weighted by molar-refractivity contribution is -0.137. The van der Waals surface area contributed by atoms with Crippen LogP contribution in [-0.2, 0) is 15.8 Å². The number of nitrogens with zero attached hydrogens (tertiary/aromatic N) is 1. The van der Waals surface area contributed by atoms with Crippen LogP contribution >= 0.6 is 0 Å². The van der Waals surface area contributed by atoms with Gasteiger partial charge in [-0.15, -0.1) is 0 Å². The molecule has 28 heavy (non-hydrogen) atoms. The highest BCUT2D eigenvalue weighted by molar-refractivity contribution is 6.00. The van der Waals surface area contributed by atoms with Crippen LogP contribution in [0.3, 0.4) is 0 Å². The highest BCUT2D eigenvalue weighted by atomic mass is 19.4. The van der Waals surface area contributed by atoms with E-state index in [2.05, 4.69) is 17.2 Å². The molecule has 0 saturated carbocycles. The summed E-state index contributed by atoms with van der Waals surface area (Å²) < 4.78 is 38.1. The second-order valence-electron chi connectivity index (χ2n) is 6.34. The molecule has 4 nitrogen and oxygen atoms in total. The number of halogens is 3. The second kappa shape index (κ2) is 8.17. The first-order valence-corrected chi connectivity index (χ1v) is 8.64. The molecule has 3 rings (SSSR count). The molecular formula is C21H17F3N2O2. The first kappa shape index (κ1) is 19.5. The summed E-state index contributed by atoms with van der Waals surface area (Å²) in [6.45, 7) is 0.279. The van der Waals surface area contributed by atoms with Gasteiger partial charge in [0.25, 0.3) is 0 Å². The van der Waals surface area contributed by atoms with Crippen LogP contribution < -0.4 is 10.2 Å². The first-order chi connectivity index (χ1) is 13.3. The molecule has 1 saturated heterocycles. The van der Waals surface area contributed by atoms with Crippen LogP contribution in [0.5, 0.6) is 0 Å². The third-order valence-corrected chi connectivity index (χ3v) is 4.34. The van der Waals surface area contributed by atoms with Gasteiger partial charge in [0.15, 0.2) is 0 Å². The number of benzene rings is 2. The van der Waals surface area contributed by atoms with E-state index in [-0.39, 0.29) is 36.9 Å². The minimum atomic E-state index is -4.43. The van der Waals surface area contributed by atoms with Crippen LogP contribution in [0.25, 0.3) is 0 Å². The predicted octanol–water partition coefficient (Wildman–Crippen LogP) is 3.23. The molecule has 0 aliphatic carbocycles. The molecule has 7 heteroatoms. The Balaban J connectivity index is 1.55. The van der Waals surface area contributed by atoms with Gasteiger partial charge in [0, 0.05) is 24.2 Å². The second-order valence-corrected chi connectivity index (χ2v) is 6.34. The van der Waals surface area contributed by atoms with Crippen LogP contribution in [0.15, 0.2) is 54.6 Å². The van der Waals surface area contributed by atoms with Crippen molar-refractivity contribution in [3.8, 4) is 11.8 Å². The zero-order valence-corrected chi connectivity index (χ0v) is 14.8. The molecule has 2 aromatic carbocycles. The van der Waals surface area contributed by atoms with E-state index in [4.69, 9.17) is 0 Å². The number of anilines is 1. The number of amides is 2. The molecule has 1 heterocycles. The van der Waals surface area contributed by atoms with Crippen LogP contribution in [0.4, 0.5) is 18.9 Å². The van der Waals surface area contributed by atoms with E-state index in [1.54, 1.807) is 17.0 Å². The molecule has 1 fully saturated rings. The van der Waals surface area contributed by atoms with Crippen molar-refractivity contribution in [1.82, 2.24) is 5.32 Å². The minimum Gasteiger partial charge on any atom is -0.345 e. The largest absolute Gasteiger partial charge is 0.416 e. The van der Waals surface area contributed by atoms with E-state index in [9.17, 15) is 22.8 Å². The molecule has 2 amide bonds. The zero-order chi connectivity index (χ0) is 20.1. The first-order valence-electron chi connectivity index (χ1n) is 8.64. The summed E-state index contributed by atoms with van der Waals surface area (Å²) in [6, 6.07) is 13.8. The zero-order valence-electron chi connectivity index (χ0n) is 14.8. The highest BCUT2D eigenvalue weighted by Gasteiger charge is 2.34. The maximum absolute atomic E-state index is 12.7. The lowest BCUT2D eigenvalue weighted by atomic mass is 10.1. The van der Waals surface area contributed by atoms with Crippen LogP contribution in [0.1, 0.15) is 17.5 Å². The Kier molecular flexibility index (Phi) is 5.69. The van der Waals surface area contributed by atoms with Gasteiger partial charge in [-0.3, -0.25) is 9.59 Å². The standard InChI is InChI=1S/C21H17F3N2O2/c22-21(23,24)17-8-4-6-15(12-17)7-5-11-25-20(28)16-13-19(27)26(14-16)18-9-2-1-3-10-18/h1-4,6,8-10,12,16H,11,13-14H2,(H,25,28). The van der Waals surface area contributed by atoms with Crippen molar-refractivity contribution in [1.29, 1.82) is 0 Å². The Labute approximate surface area is 160 Å². The van der Waals surface area contributed by atoms with Crippen molar-refractivity contribution < 1.29 is 22.8 Å². The number of hydrogen-bond donors (Lipinski definition) is 1. The van der Waals surface area contributed by atoms with Gasteiger partial charge in [-0.2, -0.15) is 13.2 Å². The molecule has 1 N–H and O–H groups in total. The number of hydrogen-bond acceptors (Lipinski definition) is 2. The van der Waals surface area contributed by atoms with Crippen molar-refractivity contribution in [3.63, 3.8) is 0 Å². The van der Waals surface area contributed by atoms with E-state index in [1.165, 1.54) is 12.1 Å². The summed E-state index contributed by atoms with van der Waals surface area (Å²) in [5.41, 5.74) is 0.191. The predicted molar refractivity (Wildman–Crippen MR) is 98.2 cm³/mol. The van der Waals surface area contributed by atoms with Gasteiger partial charge in [0.1, 0.15) is 0 Å². The molecule has 144 valence electrons. The topological polar surface area (TPSA) is 49.4 Å². The van der Waals surface area contributed by atoms with Crippen molar-refractivity contribution in [3.05, 3.63) is 65.7 Å². The lowest BCUT2D eigenvalue weighted by Gasteiger charge is -2.16.